The molecule has 0 amide bonds. The Balaban J connectivity index is -0.0000000612. The first-order chi connectivity index (χ1) is 3.39. The van der Waals surface area contributed by atoms with E-state index in [1.807, 2.05) is 18.1 Å². The van der Waals surface area contributed by atoms with Crippen molar-refractivity contribution in [1.29, 1.82) is 0 Å². The van der Waals surface area contributed by atoms with Gasteiger partial charge in [0.05, 0.1) is 0 Å². The van der Waals surface area contributed by atoms with Gasteiger partial charge in [-0.3, -0.25) is 0 Å². The van der Waals surface area contributed by atoms with Crippen LogP contribution in [0, 0.1) is 6.92 Å². The summed E-state index contributed by atoms with van der Waals surface area (Å²) in [6, 6.07) is 6.14. The van der Waals surface area contributed by atoms with Crippen molar-refractivity contribution in [2.45, 2.75) is 6.92 Å². The zero-order valence-corrected chi connectivity index (χ0v) is 10.7. The average Bonchev–Trinajstić information content (AvgIpc) is 1.69. The van der Waals surface area contributed by atoms with Crippen LogP contribution in [-0.2, 0) is 26.2 Å². The monoisotopic (exact) mass is 285 g/mol. The van der Waals surface area contributed by atoms with Gasteiger partial charge in [-0.2, -0.15) is 0 Å². The Morgan fingerprint density at radius 2 is 1.64 bits per heavy atom. The van der Waals surface area contributed by atoms with E-state index < -0.39 is 0 Å². The topological polar surface area (TPSA) is 0 Å². The fourth-order valence-corrected chi connectivity index (χ4v) is 0.534. The molecule has 0 atom stereocenters. The van der Waals surface area contributed by atoms with E-state index in [-0.39, 0.29) is 63.4 Å². The molecule has 0 aromatic carbocycles. The molecule has 0 spiro atoms. The summed E-state index contributed by atoms with van der Waals surface area (Å²) in [6.07, 6.45) is 0. The maximum atomic E-state index is 2.08. The number of aryl methyl sites for hydroxylation is 1. The van der Waals surface area contributed by atoms with E-state index >= 15 is 0 Å². The molecule has 0 saturated carbocycles. The minimum atomic E-state index is 0. The summed E-state index contributed by atoms with van der Waals surface area (Å²) in [5, 5.41) is 0. The molecule has 5 heteroatoms. The first kappa shape index (κ1) is 22.7. The summed E-state index contributed by atoms with van der Waals surface area (Å²) >= 11 is 0. The van der Waals surface area contributed by atoms with Gasteiger partial charge in [0.25, 0.3) is 0 Å². The Bertz CT molecular complexity index is 148. The van der Waals surface area contributed by atoms with Gasteiger partial charge >= 0.3 is 69.7 Å². The molecule has 0 nitrogen and oxygen atoms in total. The summed E-state index contributed by atoms with van der Waals surface area (Å²) in [5.74, 6) is 2.04. The standard InChI is InChI=1S/C6H7B.3ClH.Zr/c1-6-4-2-3-5-7-6;;;;/h2-5H,1H3;3*1H;/q;;;;+3/p-3. The molecule has 1 radical (unpaired) electrons. The molecule has 0 bridgehead atoms. The molecule has 11 heavy (non-hydrogen) atoms. The second kappa shape index (κ2) is 13.7. The molecule has 0 aliphatic rings. The summed E-state index contributed by atoms with van der Waals surface area (Å²) < 4.78 is 0. The van der Waals surface area contributed by atoms with Crippen LogP contribution in [0.25, 0.3) is 0 Å². The maximum Gasteiger partial charge on any atom is 3.00 e. The molecule has 0 aliphatic heterocycles. The molecular weight excluding hydrogens is 280 g/mol. The summed E-state index contributed by atoms with van der Waals surface area (Å²) in [4.78, 5) is 0. The van der Waals surface area contributed by atoms with Crippen molar-refractivity contribution >= 4 is 6.91 Å². The van der Waals surface area contributed by atoms with Crippen molar-refractivity contribution in [3.8, 4) is 0 Å². The van der Waals surface area contributed by atoms with Gasteiger partial charge in [0, 0.05) is 0 Å². The van der Waals surface area contributed by atoms with E-state index in [9.17, 15) is 0 Å². The van der Waals surface area contributed by atoms with Crippen LogP contribution in [0.5, 0.6) is 0 Å². The average molecular weight is 288 g/mol. The van der Waals surface area contributed by atoms with E-state index in [2.05, 4.69) is 19.9 Å². The molecule has 0 fully saturated rings. The quantitative estimate of drug-likeness (QED) is 0.445. The van der Waals surface area contributed by atoms with Gasteiger partial charge in [-0.25, -0.2) is 0 Å². The Labute approximate surface area is 106 Å². The molecular formula is C6H7BCl3Zr. The van der Waals surface area contributed by atoms with Gasteiger partial charge in [-0.15, -0.1) is 0 Å². The van der Waals surface area contributed by atoms with E-state index in [0.29, 0.717) is 0 Å². The second-order valence-electron chi connectivity index (χ2n) is 1.65. The van der Waals surface area contributed by atoms with Crippen LogP contribution >= 0.6 is 0 Å². The molecule has 0 unspecified atom stereocenters. The Morgan fingerprint density at radius 1 is 1.09 bits per heavy atom. The van der Waals surface area contributed by atoms with Crippen LogP contribution < -0.4 is 37.2 Å². The van der Waals surface area contributed by atoms with Crippen molar-refractivity contribution in [2.75, 3.05) is 0 Å². The van der Waals surface area contributed by atoms with Crippen molar-refractivity contribution in [1.82, 2.24) is 0 Å². The molecule has 1 rings (SSSR count). The maximum absolute atomic E-state index is 2.08. The number of rotatable bonds is 0. The van der Waals surface area contributed by atoms with Gasteiger partial charge in [-0.1, -0.05) is 0 Å². The fraction of sp³-hybridized carbons (Fsp3) is 0.167. The third-order valence-corrected chi connectivity index (χ3v) is 0.940. The molecule has 0 N–H and O–H groups in total. The third kappa shape index (κ3) is 11.2. The summed E-state index contributed by atoms with van der Waals surface area (Å²) in [6.45, 7) is 4.17. The summed E-state index contributed by atoms with van der Waals surface area (Å²) in [7, 11) is 0. The number of hydrogen-bond acceptors (Lipinski definition) is 0. The Kier molecular flexibility index (Phi) is 28.4. The van der Waals surface area contributed by atoms with E-state index in [4.69, 9.17) is 0 Å². The second-order valence-corrected chi connectivity index (χ2v) is 1.65. The van der Waals surface area contributed by atoms with Crippen LogP contribution in [0.4, 0.5) is 0 Å². The molecule has 1 heterocycles. The number of hydrogen-bond donors (Lipinski definition) is 0. The zero-order valence-electron chi connectivity index (χ0n) is 6.02. The third-order valence-electron chi connectivity index (χ3n) is 0.940. The smallest absolute Gasteiger partial charge is 1.00 e. The first-order valence-electron chi connectivity index (χ1n) is 2.41. The zero-order chi connectivity index (χ0) is 5.11. The van der Waals surface area contributed by atoms with Crippen molar-refractivity contribution in [2.24, 2.45) is 0 Å². The molecule has 1 aromatic heterocycles. The van der Waals surface area contributed by atoms with Crippen LogP contribution in [-0.4, -0.2) is 6.91 Å². The molecule has 0 saturated heterocycles. The Morgan fingerprint density at radius 3 is 1.82 bits per heavy atom. The van der Waals surface area contributed by atoms with Gasteiger partial charge in [-0.05, 0) is 0 Å². The number of halogens is 3. The molecule has 0 aliphatic carbocycles. The van der Waals surface area contributed by atoms with Crippen LogP contribution in [0.1, 0.15) is 5.46 Å². The largest absolute Gasteiger partial charge is 3.00 e. The van der Waals surface area contributed by atoms with Crippen molar-refractivity contribution in [3.05, 3.63) is 29.6 Å². The van der Waals surface area contributed by atoms with Crippen LogP contribution in [0.15, 0.2) is 24.2 Å². The SMILES string of the molecule is Cc1bcccc1.[Cl-].[Cl-].[Cl-].[Zr+3]. The minimum absolute atomic E-state index is 0. The first-order valence-corrected chi connectivity index (χ1v) is 2.41. The van der Waals surface area contributed by atoms with Crippen molar-refractivity contribution < 1.29 is 63.4 Å². The van der Waals surface area contributed by atoms with Crippen LogP contribution in [0.3, 0.4) is 0 Å². The van der Waals surface area contributed by atoms with E-state index in [1.54, 1.807) is 0 Å². The predicted molar refractivity (Wildman–Crippen MR) is 32.5 cm³/mol. The van der Waals surface area contributed by atoms with Crippen LogP contribution in [0.2, 0.25) is 0 Å². The van der Waals surface area contributed by atoms with Crippen molar-refractivity contribution in [3.63, 3.8) is 0 Å². The van der Waals surface area contributed by atoms with E-state index in [0.717, 1.165) is 0 Å². The normalized spacial score (nSPS) is 5.18. The fourth-order valence-electron chi connectivity index (χ4n) is 0.534. The van der Waals surface area contributed by atoms with Gasteiger partial charge < -0.3 is 37.2 Å². The molecule has 59 valence electrons. The van der Waals surface area contributed by atoms with Gasteiger partial charge in [0.15, 0.2) is 0 Å². The minimum Gasteiger partial charge on any atom is -1.00 e. The van der Waals surface area contributed by atoms with E-state index in [1.165, 1.54) is 5.46 Å². The summed E-state index contributed by atoms with van der Waals surface area (Å²) in [5.41, 5.74) is 1.32. The predicted octanol–water partition coefficient (Wildman–Crippen LogP) is -7.66. The Hall–Kier alpha value is 1.17. The van der Waals surface area contributed by atoms with Gasteiger partial charge in [0.1, 0.15) is 0 Å². The molecule has 1 aromatic rings. The van der Waals surface area contributed by atoms with Gasteiger partial charge in [0.2, 0.25) is 0 Å².